The predicted octanol–water partition coefficient (Wildman–Crippen LogP) is 1.54. The maximum Gasteiger partial charge on any atom is 0.231 e. The Balaban J connectivity index is 2.03. The fourth-order valence-electron chi connectivity index (χ4n) is 1.97. The molecule has 1 aromatic heterocycles. The zero-order valence-electron chi connectivity index (χ0n) is 9.72. The van der Waals surface area contributed by atoms with Crippen LogP contribution in [0.4, 0.5) is 5.82 Å². The number of carbonyl (C=O) groups excluding carboxylic acids is 1. The summed E-state index contributed by atoms with van der Waals surface area (Å²) in [6, 6.07) is 3.10. The molecule has 0 saturated carbocycles. The highest BCUT2D eigenvalue weighted by atomic mass is 16.5. The predicted molar refractivity (Wildman–Crippen MR) is 62.7 cm³/mol. The van der Waals surface area contributed by atoms with Crippen LogP contribution in [0, 0.1) is 5.92 Å². The molecule has 0 radical (unpaired) electrons. The molecule has 0 aromatic carbocycles. The number of nitrogens with one attached hydrogen (secondary N) is 1. The van der Waals surface area contributed by atoms with Crippen molar-refractivity contribution in [2.75, 3.05) is 11.9 Å². The average Bonchev–Trinajstić information content (AvgIpc) is 2.32. The van der Waals surface area contributed by atoms with Crippen LogP contribution >= 0.6 is 0 Å². The van der Waals surface area contributed by atoms with Crippen LogP contribution in [0.15, 0.2) is 18.3 Å². The molecule has 0 unspecified atom stereocenters. The molecule has 0 bridgehead atoms. The summed E-state index contributed by atoms with van der Waals surface area (Å²) in [4.78, 5) is 15.9. The van der Waals surface area contributed by atoms with Crippen molar-refractivity contribution in [1.29, 1.82) is 0 Å². The van der Waals surface area contributed by atoms with Crippen molar-refractivity contribution < 1.29 is 14.6 Å². The molecule has 92 valence electrons. The van der Waals surface area contributed by atoms with Crippen LogP contribution < -0.4 is 5.32 Å². The highest BCUT2D eigenvalue weighted by Gasteiger charge is 2.29. The Hall–Kier alpha value is -1.62. The smallest absolute Gasteiger partial charge is 0.231 e. The normalized spacial score (nSPS) is 24.3. The van der Waals surface area contributed by atoms with Gasteiger partial charge in [0.2, 0.25) is 5.91 Å². The van der Waals surface area contributed by atoms with E-state index >= 15 is 0 Å². The van der Waals surface area contributed by atoms with Gasteiger partial charge in [-0.25, -0.2) is 4.98 Å². The standard InChI is InChI=1S/C12H16N2O3/c1-8-9(4-3-7-17-8)12(16)14-11-10(15)5-2-6-13-11/h2,5-6,8-9,15H,3-4,7H2,1H3,(H,13,14,16)/t8-,9+/m0/s1. The van der Waals surface area contributed by atoms with Crippen molar-refractivity contribution >= 4 is 11.7 Å². The van der Waals surface area contributed by atoms with E-state index in [1.807, 2.05) is 6.92 Å². The molecule has 0 spiro atoms. The number of ether oxygens (including phenoxy) is 1. The number of carbonyl (C=O) groups is 1. The second-order valence-electron chi connectivity index (χ2n) is 4.19. The van der Waals surface area contributed by atoms with E-state index in [-0.39, 0.29) is 29.5 Å². The lowest BCUT2D eigenvalue weighted by Crippen LogP contribution is -2.36. The van der Waals surface area contributed by atoms with Crippen LogP contribution in [0.25, 0.3) is 0 Å². The molecule has 17 heavy (non-hydrogen) atoms. The minimum absolute atomic E-state index is 0.0229. The Kier molecular flexibility index (Phi) is 3.58. The van der Waals surface area contributed by atoms with E-state index in [0.717, 1.165) is 12.8 Å². The molecule has 2 heterocycles. The summed E-state index contributed by atoms with van der Waals surface area (Å²) in [7, 11) is 0. The molecular formula is C12H16N2O3. The Morgan fingerprint density at radius 2 is 2.47 bits per heavy atom. The molecule has 5 nitrogen and oxygen atoms in total. The molecule has 2 atom stereocenters. The van der Waals surface area contributed by atoms with Gasteiger partial charge in [-0.3, -0.25) is 4.79 Å². The number of nitrogens with zero attached hydrogens (tertiary/aromatic N) is 1. The minimum Gasteiger partial charge on any atom is -0.504 e. The van der Waals surface area contributed by atoms with Gasteiger partial charge in [-0.05, 0) is 31.9 Å². The first-order valence-corrected chi connectivity index (χ1v) is 5.75. The third kappa shape index (κ3) is 2.74. The molecule has 1 amide bonds. The van der Waals surface area contributed by atoms with Crippen molar-refractivity contribution in [2.24, 2.45) is 5.92 Å². The third-order valence-corrected chi connectivity index (χ3v) is 2.97. The van der Waals surface area contributed by atoms with Crippen molar-refractivity contribution in [3.05, 3.63) is 18.3 Å². The summed E-state index contributed by atoms with van der Waals surface area (Å²) in [6.07, 6.45) is 3.13. The fourth-order valence-corrected chi connectivity index (χ4v) is 1.97. The van der Waals surface area contributed by atoms with Crippen LogP contribution in [0.1, 0.15) is 19.8 Å². The van der Waals surface area contributed by atoms with E-state index in [2.05, 4.69) is 10.3 Å². The summed E-state index contributed by atoms with van der Waals surface area (Å²) in [5.74, 6) is -0.142. The second-order valence-corrected chi connectivity index (χ2v) is 4.19. The van der Waals surface area contributed by atoms with Gasteiger partial charge in [-0.15, -0.1) is 0 Å². The Morgan fingerprint density at radius 3 is 3.18 bits per heavy atom. The number of aromatic nitrogens is 1. The van der Waals surface area contributed by atoms with Gasteiger partial charge in [-0.1, -0.05) is 0 Å². The van der Waals surface area contributed by atoms with E-state index in [1.54, 1.807) is 6.07 Å². The van der Waals surface area contributed by atoms with E-state index in [0.29, 0.717) is 6.61 Å². The summed E-state index contributed by atoms with van der Waals surface area (Å²) in [5, 5.41) is 12.1. The SMILES string of the molecule is C[C@@H]1OCCC[C@H]1C(=O)Nc1ncccc1O. The van der Waals surface area contributed by atoms with E-state index in [1.165, 1.54) is 12.3 Å². The summed E-state index contributed by atoms with van der Waals surface area (Å²) < 4.78 is 5.44. The first kappa shape index (κ1) is 11.9. The van der Waals surface area contributed by atoms with Crippen molar-refractivity contribution in [1.82, 2.24) is 4.98 Å². The molecular weight excluding hydrogens is 220 g/mol. The number of anilines is 1. The monoisotopic (exact) mass is 236 g/mol. The summed E-state index contributed by atoms with van der Waals surface area (Å²) in [6.45, 7) is 2.60. The van der Waals surface area contributed by atoms with E-state index < -0.39 is 0 Å². The highest BCUT2D eigenvalue weighted by Crippen LogP contribution is 2.24. The third-order valence-electron chi connectivity index (χ3n) is 2.97. The molecule has 1 aliphatic heterocycles. The summed E-state index contributed by atoms with van der Waals surface area (Å²) in [5.41, 5.74) is 0. The quantitative estimate of drug-likeness (QED) is 0.817. The molecule has 0 aliphatic carbocycles. The van der Waals surface area contributed by atoms with Gasteiger partial charge in [0.15, 0.2) is 11.6 Å². The van der Waals surface area contributed by atoms with Gasteiger partial charge in [0.05, 0.1) is 12.0 Å². The van der Waals surface area contributed by atoms with Crippen LogP contribution in [-0.2, 0) is 9.53 Å². The van der Waals surface area contributed by atoms with Gasteiger partial charge in [0.25, 0.3) is 0 Å². The topological polar surface area (TPSA) is 71.5 Å². The van der Waals surface area contributed by atoms with Crippen LogP contribution in [0.2, 0.25) is 0 Å². The lowest BCUT2D eigenvalue weighted by atomic mass is 9.94. The maximum atomic E-state index is 12.0. The van der Waals surface area contributed by atoms with Gasteiger partial charge in [0, 0.05) is 12.8 Å². The molecule has 1 saturated heterocycles. The first-order valence-electron chi connectivity index (χ1n) is 5.75. The zero-order chi connectivity index (χ0) is 12.3. The number of hydrogen-bond acceptors (Lipinski definition) is 4. The Labute approximate surface area is 99.8 Å². The lowest BCUT2D eigenvalue weighted by Gasteiger charge is -2.27. The van der Waals surface area contributed by atoms with Crippen molar-refractivity contribution in [3.8, 4) is 5.75 Å². The van der Waals surface area contributed by atoms with Gasteiger partial charge < -0.3 is 15.2 Å². The average molecular weight is 236 g/mol. The van der Waals surface area contributed by atoms with E-state index in [4.69, 9.17) is 4.74 Å². The number of rotatable bonds is 2. The fraction of sp³-hybridized carbons (Fsp3) is 0.500. The number of aromatic hydroxyl groups is 1. The van der Waals surface area contributed by atoms with Crippen LogP contribution in [0.5, 0.6) is 5.75 Å². The number of hydrogen-bond donors (Lipinski definition) is 2. The minimum atomic E-state index is -0.176. The molecule has 2 N–H and O–H groups in total. The molecule has 2 rings (SSSR count). The van der Waals surface area contributed by atoms with Crippen molar-refractivity contribution in [3.63, 3.8) is 0 Å². The first-order chi connectivity index (χ1) is 8.18. The second kappa shape index (κ2) is 5.14. The van der Waals surface area contributed by atoms with E-state index in [9.17, 15) is 9.90 Å². The largest absolute Gasteiger partial charge is 0.504 e. The van der Waals surface area contributed by atoms with Crippen LogP contribution in [-0.4, -0.2) is 28.7 Å². The Bertz CT molecular complexity index is 408. The number of amides is 1. The molecule has 1 aliphatic rings. The van der Waals surface area contributed by atoms with Crippen molar-refractivity contribution in [2.45, 2.75) is 25.9 Å². The molecule has 1 fully saturated rings. The maximum absolute atomic E-state index is 12.0. The Morgan fingerprint density at radius 1 is 1.65 bits per heavy atom. The molecule has 5 heteroatoms. The lowest BCUT2D eigenvalue weighted by molar-refractivity contribution is -0.127. The highest BCUT2D eigenvalue weighted by molar-refractivity contribution is 5.93. The number of pyridine rings is 1. The summed E-state index contributed by atoms with van der Waals surface area (Å²) >= 11 is 0. The van der Waals surface area contributed by atoms with Gasteiger partial charge >= 0.3 is 0 Å². The van der Waals surface area contributed by atoms with Crippen LogP contribution in [0.3, 0.4) is 0 Å². The van der Waals surface area contributed by atoms with Gasteiger partial charge in [0.1, 0.15) is 0 Å². The van der Waals surface area contributed by atoms with Gasteiger partial charge in [-0.2, -0.15) is 0 Å². The molecule has 1 aromatic rings. The zero-order valence-corrected chi connectivity index (χ0v) is 9.72.